The number of anilines is 1. The molecule has 0 radical (unpaired) electrons. The van der Waals surface area contributed by atoms with Crippen LogP contribution < -0.4 is 5.73 Å². The molecule has 0 saturated carbocycles. The van der Waals surface area contributed by atoms with Gasteiger partial charge in [-0.2, -0.15) is 4.68 Å². The van der Waals surface area contributed by atoms with Crippen molar-refractivity contribution in [3.8, 4) is 5.69 Å². The van der Waals surface area contributed by atoms with Gasteiger partial charge in [0.15, 0.2) is 5.82 Å². The average molecular weight is 246 g/mol. The van der Waals surface area contributed by atoms with Gasteiger partial charge in [-0.15, -0.1) is 5.10 Å². The number of nitrogens with two attached hydrogens (primary N) is 1. The van der Waals surface area contributed by atoms with Crippen molar-refractivity contribution in [2.45, 2.75) is 13.8 Å². The summed E-state index contributed by atoms with van der Waals surface area (Å²) in [5.41, 5.74) is 8.91. The minimum atomic E-state index is -0.595. The van der Waals surface area contributed by atoms with E-state index in [1.54, 1.807) is 0 Å². The highest BCUT2D eigenvalue weighted by molar-refractivity contribution is 5.92. The first kappa shape index (κ1) is 12.1. The van der Waals surface area contributed by atoms with Crippen molar-refractivity contribution in [3.05, 3.63) is 35.0 Å². The molecule has 94 valence electrons. The number of hydrogen-bond acceptors (Lipinski definition) is 5. The predicted octanol–water partition coefficient (Wildman–Crippen LogP) is 1.25. The summed E-state index contributed by atoms with van der Waals surface area (Å²) in [6.07, 6.45) is 0. The third kappa shape index (κ3) is 1.92. The number of rotatable bonds is 2. The number of hydrogen-bond donors (Lipinski definition) is 1. The van der Waals surface area contributed by atoms with Gasteiger partial charge in [0.25, 0.3) is 0 Å². The Labute approximate surface area is 104 Å². The summed E-state index contributed by atoms with van der Waals surface area (Å²) < 4.78 is 5.99. The quantitative estimate of drug-likeness (QED) is 0.806. The fourth-order valence-electron chi connectivity index (χ4n) is 1.58. The summed E-state index contributed by atoms with van der Waals surface area (Å²) in [4.78, 5) is 11.4. The van der Waals surface area contributed by atoms with Crippen molar-refractivity contribution < 1.29 is 9.53 Å². The molecule has 2 rings (SSSR count). The summed E-state index contributed by atoms with van der Waals surface area (Å²) in [5.74, 6) is -0.423. The molecule has 2 N–H and O–H groups in total. The molecule has 18 heavy (non-hydrogen) atoms. The number of aryl methyl sites for hydroxylation is 2. The van der Waals surface area contributed by atoms with Gasteiger partial charge in [0.05, 0.1) is 12.8 Å². The largest absolute Gasteiger partial charge is 0.464 e. The van der Waals surface area contributed by atoms with E-state index in [4.69, 9.17) is 5.73 Å². The van der Waals surface area contributed by atoms with Crippen molar-refractivity contribution in [2.75, 3.05) is 12.8 Å². The van der Waals surface area contributed by atoms with Gasteiger partial charge in [-0.1, -0.05) is 11.3 Å². The van der Waals surface area contributed by atoms with E-state index in [-0.39, 0.29) is 11.5 Å². The van der Waals surface area contributed by atoms with Crippen LogP contribution in [0.4, 0.5) is 5.82 Å². The van der Waals surface area contributed by atoms with E-state index in [1.165, 1.54) is 17.4 Å². The molecule has 0 bridgehead atoms. The first-order valence-corrected chi connectivity index (χ1v) is 5.41. The number of carbonyl (C=O) groups excluding carboxylic acids is 1. The lowest BCUT2D eigenvalue weighted by atomic mass is 10.1. The number of nitrogen functional groups attached to an aromatic ring is 1. The average Bonchev–Trinajstić information content (AvgIpc) is 2.74. The van der Waals surface area contributed by atoms with Crippen LogP contribution in [0, 0.1) is 13.8 Å². The van der Waals surface area contributed by atoms with Crippen LogP contribution >= 0.6 is 0 Å². The number of aromatic nitrogens is 3. The van der Waals surface area contributed by atoms with E-state index < -0.39 is 5.97 Å². The molecule has 0 unspecified atom stereocenters. The molecule has 1 aromatic carbocycles. The number of esters is 1. The minimum Gasteiger partial charge on any atom is -0.464 e. The van der Waals surface area contributed by atoms with Crippen LogP contribution in [0.5, 0.6) is 0 Å². The zero-order chi connectivity index (χ0) is 13.3. The highest BCUT2D eigenvalue weighted by atomic mass is 16.5. The Balaban J connectivity index is 2.48. The van der Waals surface area contributed by atoms with Gasteiger partial charge < -0.3 is 10.5 Å². The van der Waals surface area contributed by atoms with Crippen molar-refractivity contribution in [1.82, 2.24) is 15.0 Å². The summed E-state index contributed by atoms with van der Waals surface area (Å²) in [5, 5.41) is 7.59. The van der Waals surface area contributed by atoms with E-state index in [1.807, 2.05) is 32.0 Å². The third-order valence-electron chi connectivity index (χ3n) is 2.82. The van der Waals surface area contributed by atoms with Crippen molar-refractivity contribution in [3.63, 3.8) is 0 Å². The molecular weight excluding hydrogens is 232 g/mol. The number of carbonyl (C=O) groups is 1. The van der Waals surface area contributed by atoms with Crippen molar-refractivity contribution in [1.29, 1.82) is 0 Å². The van der Waals surface area contributed by atoms with Crippen LogP contribution in [-0.4, -0.2) is 28.1 Å². The maximum atomic E-state index is 11.4. The highest BCUT2D eigenvalue weighted by Gasteiger charge is 2.18. The van der Waals surface area contributed by atoms with E-state index in [9.17, 15) is 4.79 Å². The molecule has 0 aliphatic rings. The highest BCUT2D eigenvalue weighted by Crippen LogP contribution is 2.18. The van der Waals surface area contributed by atoms with E-state index in [0.717, 1.165) is 11.3 Å². The van der Waals surface area contributed by atoms with Gasteiger partial charge in [0.1, 0.15) is 0 Å². The molecular formula is C12H14N4O2. The first-order valence-electron chi connectivity index (χ1n) is 5.41. The second kappa shape index (κ2) is 4.48. The summed E-state index contributed by atoms with van der Waals surface area (Å²) in [6, 6.07) is 5.76. The molecule has 0 amide bonds. The summed E-state index contributed by atoms with van der Waals surface area (Å²) in [7, 11) is 1.27. The smallest absolute Gasteiger partial charge is 0.362 e. The fraction of sp³-hybridized carbons (Fsp3) is 0.250. The van der Waals surface area contributed by atoms with Crippen LogP contribution in [0.2, 0.25) is 0 Å². The molecule has 0 saturated heterocycles. The van der Waals surface area contributed by atoms with Crippen molar-refractivity contribution in [2.24, 2.45) is 0 Å². The SMILES string of the molecule is COC(=O)c1nnn(-c2ccc(C)c(C)c2)c1N. The number of ether oxygens (including phenoxy) is 1. The van der Waals surface area contributed by atoms with Crippen LogP contribution in [0.25, 0.3) is 5.69 Å². The Morgan fingerprint density at radius 1 is 1.33 bits per heavy atom. The predicted molar refractivity (Wildman–Crippen MR) is 66.6 cm³/mol. The maximum Gasteiger partial charge on any atom is 0.362 e. The van der Waals surface area contributed by atoms with Gasteiger partial charge >= 0.3 is 5.97 Å². The normalized spacial score (nSPS) is 10.4. The summed E-state index contributed by atoms with van der Waals surface area (Å²) >= 11 is 0. The molecule has 2 aromatic rings. The first-order chi connectivity index (χ1) is 8.54. The van der Waals surface area contributed by atoms with E-state index in [2.05, 4.69) is 15.0 Å². The standard InChI is InChI=1S/C12H14N4O2/c1-7-4-5-9(6-8(7)2)16-11(13)10(14-15-16)12(17)18-3/h4-6H,13H2,1-3H3. The monoisotopic (exact) mass is 246 g/mol. The topological polar surface area (TPSA) is 83.0 Å². The molecule has 0 atom stereocenters. The van der Waals surface area contributed by atoms with Crippen LogP contribution in [0.3, 0.4) is 0 Å². The van der Waals surface area contributed by atoms with Gasteiger partial charge in [0, 0.05) is 0 Å². The number of methoxy groups -OCH3 is 1. The maximum absolute atomic E-state index is 11.4. The van der Waals surface area contributed by atoms with Crippen molar-refractivity contribution >= 4 is 11.8 Å². The molecule has 6 heteroatoms. The zero-order valence-corrected chi connectivity index (χ0v) is 10.5. The van der Waals surface area contributed by atoms with E-state index >= 15 is 0 Å². The second-order valence-electron chi connectivity index (χ2n) is 4.00. The number of nitrogens with zero attached hydrogens (tertiary/aromatic N) is 3. The lowest BCUT2D eigenvalue weighted by Gasteiger charge is -2.06. The Morgan fingerprint density at radius 3 is 2.67 bits per heavy atom. The number of benzene rings is 1. The van der Waals surface area contributed by atoms with Gasteiger partial charge in [-0.25, -0.2) is 4.79 Å². The Morgan fingerprint density at radius 2 is 2.06 bits per heavy atom. The molecule has 1 aromatic heterocycles. The van der Waals surface area contributed by atoms with E-state index in [0.29, 0.717) is 0 Å². The molecule has 0 aliphatic carbocycles. The van der Waals surface area contributed by atoms with Gasteiger partial charge in [-0.05, 0) is 37.1 Å². The van der Waals surface area contributed by atoms with Crippen LogP contribution in [-0.2, 0) is 4.74 Å². The Kier molecular flexibility index (Phi) is 3.01. The molecule has 1 heterocycles. The van der Waals surface area contributed by atoms with Crippen LogP contribution in [0.1, 0.15) is 21.6 Å². The second-order valence-corrected chi connectivity index (χ2v) is 4.00. The lowest BCUT2D eigenvalue weighted by Crippen LogP contribution is -2.08. The fourth-order valence-corrected chi connectivity index (χ4v) is 1.58. The molecule has 0 spiro atoms. The Hall–Kier alpha value is -2.37. The Bertz CT molecular complexity index is 604. The molecule has 0 aliphatic heterocycles. The summed E-state index contributed by atoms with van der Waals surface area (Å²) in [6.45, 7) is 4.01. The van der Waals surface area contributed by atoms with Gasteiger partial charge in [-0.3, -0.25) is 0 Å². The molecule has 6 nitrogen and oxygen atoms in total. The zero-order valence-electron chi connectivity index (χ0n) is 10.5. The van der Waals surface area contributed by atoms with Crippen LogP contribution in [0.15, 0.2) is 18.2 Å². The molecule has 0 fully saturated rings. The minimum absolute atomic E-state index is 0.0238. The third-order valence-corrected chi connectivity index (χ3v) is 2.82. The van der Waals surface area contributed by atoms with Gasteiger partial charge in [0.2, 0.25) is 5.69 Å². The lowest BCUT2D eigenvalue weighted by molar-refractivity contribution is 0.0595.